The molecule has 0 atom stereocenters. The molecule has 0 heteroatoms. The summed E-state index contributed by atoms with van der Waals surface area (Å²) in [5.41, 5.74) is 7.74. The molecule has 0 amide bonds. The number of benzene rings is 11. The van der Waals surface area contributed by atoms with E-state index >= 15 is 0 Å². The van der Waals surface area contributed by atoms with Crippen molar-refractivity contribution in [3.63, 3.8) is 0 Å². The number of hydrogen-bond donors (Lipinski definition) is 0. The summed E-state index contributed by atoms with van der Waals surface area (Å²) in [6, 6.07) is 65.0. The molecule has 11 aromatic carbocycles. The van der Waals surface area contributed by atoms with Crippen molar-refractivity contribution < 1.29 is 0 Å². The van der Waals surface area contributed by atoms with Gasteiger partial charge in [-0.05, 0) is 230 Å². The van der Waals surface area contributed by atoms with Gasteiger partial charge < -0.3 is 0 Å². The lowest BCUT2D eigenvalue weighted by Crippen LogP contribution is -1.87. The number of hydrogen-bond acceptors (Lipinski definition) is 0. The van der Waals surface area contributed by atoms with E-state index in [1.807, 2.05) is 0 Å². The highest BCUT2D eigenvalue weighted by atomic mass is 14.1. The average Bonchev–Trinajstić information content (AvgIpc) is 3.34. The summed E-state index contributed by atoms with van der Waals surface area (Å²) >= 11 is 0. The van der Waals surface area contributed by atoms with Crippen LogP contribution in [0.25, 0.3) is 110 Å². The molecular weight excluding hydrogens is 793 g/mol. The molecule has 322 valence electrons. The molecule has 0 bridgehead atoms. The van der Waals surface area contributed by atoms with Gasteiger partial charge in [-0.2, -0.15) is 0 Å². The quantitative estimate of drug-likeness (QED) is 0.0581. The first-order valence-electron chi connectivity index (χ1n) is 24.6. The van der Waals surface area contributed by atoms with Crippen molar-refractivity contribution in [1.29, 1.82) is 0 Å². The highest BCUT2D eigenvalue weighted by Crippen LogP contribution is 2.32. The van der Waals surface area contributed by atoms with Crippen molar-refractivity contribution in [3.8, 4) is 0 Å². The van der Waals surface area contributed by atoms with Gasteiger partial charge in [-0.25, -0.2) is 0 Å². The summed E-state index contributed by atoms with van der Waals surface area (Å²) in [7, 11) is 0. The molecule has 0 N–H and O–H groups in total. The fraction of sp³-hybridized carbons (Fsp3) is 0.182. The Morgan fingerprint density at radius 2 is 0.470 bits per heavy atom. The van der Waals surface area contributed by atoms with Gasteiger partial charge in [-0.15, -0.1) is 0 Å². The second-order valence-corrected chi connectivity index (χ2v) is 19.0. The zero-order valence-corrected chi connectivity index (χ0v) is 38.5. The standard InChI is InChI=1S/C66H58/c1-3-5-7-9-11-45-17-23-53-37-65-43-61-33-49(21-27-55(61)39-63(65)41-59(53)29-45)15-13-47-19-25-51-36-58-32-48(20-26-52(58)35-57(51)31-47)14-16-50-22-28-56-40-64-42-60-30-46(12-10-8-6-4-2)18-24-54(60)38-66(64)44-62(56)34-50/h13-44H,3-12H2,1-2H3/b15-13+,16-14+. The van der Waals surface area contributed by atoms with Crippen molar-refractivity contribution >= 4 is 110 Å². The van der Waals surface area contributed by atoms with Gasteiger partial charge >= 0.3 is 0 Å². The fourth-order valence-corrected chi connectivity index (χ4v) is 10.3. The van der Waals surface area contributed by atoms with Crippen LogP contribution in [-0.2, 0) is 12.8 Å². The Hall–Kier alpha value is -7.02. The van der Waals surface area contributed by atoms with Crippen LogP contribution in [0.4, 0.5) is 0 Å². The Kier molecular flexibility index (Phi) is 11.7. The molecule has 0 aliphatic carbocycles. The van der Waals surface area contributed by atoms with Crippen LogP contribution >= 0.6 is 0 Å². The number of fused-ring (bicyclic) bond motifs is 8. The number of rotatable bonds is 14. The molecule has 0 saturated carbocycles. The fourth-order valence-electron chi connectivity index (χ4n) is 10.3. The van der Waals surface area contributed by atoms with E-state index in [-0.39, 0.29) is 0 Å². The maximum absolute atomic E-state index is 2.40. The van der Waals surface area contributed by atoms with Gasteiger partial charge in [-0.1, -0.05) is 162 Å². The largest absolute Gasteiger partial charge is 0.0654 e. The van der Waals surface area contributed by atoms with Crippen LogP contribution in [0.1, 0.15) is 98.6 Å². The highest BCUT2D eigenvalue weighted by molar-refractivity contribution is 6.07. The van der Waals surface area contributed by atoms with Crippen LogP contribution in [0.5, 0.6) is 0 Å². The molecule has 0 unspecified atom stereocenters. The van der Waals surface area contributed by atoms with Gasteiger partial charge in [0.05, 0.1) is 0 Å². The first-order valence-corrected chi connectivity index (χ1v) is 24.6. The Morgan fingerprint density at radius 3 is 0.758 bits per heavy atom. The normalized spacial score (nSPS) is 12.3. The van der Waals surface area contributed by atoms with Crippen molar-refractivity contribution in [2.24, 2.45) is 0 Å². The SMILES string of the molecule is CCCCCCc1ccc2cc3cc4cc(/C=C/c5ccc6cc7cc(/C=C/c8ccc9cc%10cc%11cc(CCCCCC)ccc%11cc%10cc9c8)ccc7cc6c5)ccc4cc3cc2c1. The minimum absolute atomic E-state index is 1.17. The summed E-state index contributed by atoms with van der Waals surface area (Å²) in [6.07, 6.45) is 21.7. The third-order valence-corrected chi connectivity index (χ3v) is 14.1. The van der Waals surface area contributed by atoms with E-state index in [0.29, 0.717) is 0 Å². The van der Waals surface area contributed by atoms with Crippen LogP contribution in [0.15, 0.2) is 170 Å². The van der Waals surface area contributed by atoms with Crippen molar-refractivity contribution in [2.45, 2.75) is 78.1 Å². The Labute approximate surface area is 389 Å². The molecule has 0 radical (unpaired) electrons. The molecule has 11 rings (SSSR count). The van der Waals surface area contributed by atoms with Crippen LogP contribution < -0.4 is 0 Å². The minimum Gasteiger partial charge on any atom is -0.0654 e. The topological polar surface area (TPSA) is 0 Å². The van der Waals surface area contributed by atoms with Gasteiger partial charge in [0.2, 0.25) is 0 Å². The highest BCUT2D eigenvalue weighted by Gasteiger charge is 2.07. The van der Waals surface area contributed by atoms with Gasteiger partial charge in [0.1, 0.15) is 0 Å². The van der Waals surface area contributed by atoms with Crippen LogP contribution in [0.3, 0.4) is 0 Å². The molecule has 0 fully saturated rings. The molecule has 0 aliphatic rings. The second-order valence-electron chi connectivity index (χ2n) is 19.0. The van der Waals surface area contributed by atoms with Crippen molar-refractivity contribution in [2.75, 3.05) is 0 Å². The molecule has 66 heavy (non-hydrogen) atoms. The van der Waals surface area contributed by atoms with Crippen molar-refractivity contribution in [1.82, 2.24) is 0 Å². The molecule has 0 saturated heterocycles. The van der Waals surface area contributed by atoms with E-state index in [1.54, 1.807) is 0 Å². The summed E-state index contributed by atoms with van der Waals surface area (Å²) in [5.74, 6) is 0. The smallest absolute Gasteiger partial charge is 0.0171 e. The van der Waals surface area contributed by atoms with E-state index in [2.05, 4.69) is 208 Å². The first-order chi connectivity index (χ1) is 32.5. The molecule has 0 nitrogen and oxygen atoms in total. The minimum atomic E-state index is 1.17. The summed E-state index contributed by atoms with van der Waals surface area (Å²) < 4.78 is 0. The van der Waals surface area contributed by atoms with Crippen molar-refractivity contribution in [3.05, 3.63) is 203 Å². The van der Waals surface area contributed by atoms with E-state index in [4.69, 9.17) is 0 Å². The van der Waals surface area contributed by atoms with Gasteiger partial charge in [0.15, 0.2) is 0 Å². The first kappa shape index (κ1) is 41.7. The average molecular weight is 851 g/mol. The summed E-state index contributed by atoms with van der Waals surface area (Å²) in [5, 5.41) is 20.7. The predicted molar refractivity (Wildman–Crippen MR) is 293 cm³/mol. The maximum Gasteiger partial charge on any atom is -0.0171 e. The van der Waals surface area contributed by atoms with E-state index in [0.717, 1.165) is 0 Å². The lowest BCUT2D eigenvalue weighted by molar-refractivity contribution is 0.667. The zero-order chi connectivity index (χ0) is 44.4. The summed E-state index contributed by atoms with van der Waals surface area (Å²) in [6.45, 7) is 4.56. The van der Waals surface area contributed by atoms with E-state index in [9.17, 15) is 0 Å². The predicted octanol–water partition coefficient (Wildman–Crippen LogP) is 19.5. The Bertz CT molecular complexity index is 3430. The van der Waals surface area contributed by atoms with Gasteiger partial charge in [0, 0.05) is 0 Å². The third-order valence-electron chi connectivity index (χ3n) is 14.1. The van der Waals surface area contributed by atoms with E-state index in [1.165, 1.54) is 184 Å². The molecule has 0 aromatic heterocycles. The van der Waals surface area contributed by atoms with Crippen LogP contribution in [-0.4, -0.2) is 0 Å². The third kappa shape index (κ3) is 8.98. The van der Waals surface area contributed by atoms with E-state index < -0.39 is 0 Å². The number of aryl methyl sites for hydroxylation is 2. The lowest BCUT2D eigenvalue weighted by Gasteiger charge is -2.08. The monoisotopic (exact) mass is 850 g/mol. The second kappa shape index (κ2) is 18.5. The lowest BCUT2D eigenvalue weighted by atomic mass is 9.96. The molecule has 11 aromatic rings. The molecule has 0 spiro atoms. The molecular formula is C66H58. The Balaban J connectivity index is 0.783. The van der Waals surface area contributed by atoms with Gasteiger partial charge in [-0.3, -0.25) is 0 Å². The van der Waals surface area contributed by atoms with Crippen LogP contribution in [0.2, 0.25) is 0 Å². The zero-order valence-electron chi connectivity index (χ0n) is 38.5. The summed E-state index contributed by atoms with van der Waals surface area (Å²) in [4.78, 5) is 0. The van der Waals surface area contributed by atoms with Crippen LogP contribution in [0, 0.1) is 0 Å². The van der Waals surface area contributed by atoms with Gasteiger partial charge in [0.25, 0.3) is 0 Å². The molecule has 0 heterocycles. The molecule has 0 aliphatic heterocycles. The maximum atomic E-state index is 2.40. The number of unbranched alkanes of at least 4 members (excludes halogenated alkanes) is 6. The Morgan fingerprint density at radius 1 is 0.227 bits per heavy atom.